The van der Waals surface area contributed by atoms with E-state index < -0.39 is 4.92 Å². The molecule has 0 aliphatic heterocycles. The van der Waals surface area contributed by atoms with Gasteiger partial charge in [0.2, 0.25) is 0 Å². The quantitative estimate of drug-likeness (QED) is 0.519. The molecule has 0 N–H and O–H groups in total. The number of carbonyl (C=O) groups excluding carboxylic acids is 1. The van der Waals surface area contributed by atoms with Crippen molar-refractivity contribution < 1.29 is 9.72 Å². The number of rotatable bonds is 5. The summed E-state index contributed by atoms with van der Waals surface area (Å²) in [7, 11) is 1.63. The van der Waals surface area contributed by atoms with Crippen LogP contribution < -0.4 is 0 Å². The molecule has 1 aromatic carbocycles. The molecule has 0 fully saturated rings. The van der Waals surface area contributed by atoms with Gasteiger partial charge in [0.1, 0.15) is 18.3 Å². The zero-order chi connectivity index (χ0) is 17.8. The molecular formula is C16H14N6O3. The van der Waals surface area contributed by atoms with Crippen molar-refractivity contribution in [3.8, 4) is 5.69 Å². The lowest BCUT2D eigenvalue weighted by Crippen LogP contribution is -2.26. The number of nitro benzene ring substituents is 1. The summed E-state index contributed by atoms with van der Waals surface area (Å²) in [5.74, 6) is -0.322. The molecule has 0 saturated heterocycles. The summed E-state index contributed by atoms with van der Waals surface area (Å²) < 4.78 is 1.28. The Morgan fingerprint density at radius 3 is 2.80 bits per heavy atom. The van der Waals surface area contributed by atoms with Crippen LogP contribution >= 0.6 is 0 Å². The molecule has 0 bridgehead atoms. The van der Waals surface area contributed by atoms with Crippen molar-refractivity contribution in [2.45, 2.75) is 6.54 Å². The van der Waals surface area contributed by atoms with Gasteiger partial charge in [-0.2, -0.15) is 5.10 Å². The average Bonchev–Trinajstić information content (AvgIpc) is 3.16. The summed E-state index contributed by atoms with van der Waals surface area (Å²) in [5.41, 5.74) is 1.12. The van der Waals surface area contributed by atoms with Gasteiger partial charge in [-0.3, -0.25) is 19.9 Å². The van der Waals surface area contributed by atoms with Crippen molar-refractivity contribution in [3.63, 3.8) is 0 Å². The van der Waals surface area contributed by atoms with E-state index in [1.54, 1.807) is 25.5 Å². The summed E-state index contributed by atoms with van der Waals surface area (Å²) in [4.78, 5) is 32.6. The first-order valence-corrected chi connectivity index (χ1v) is 7.34. The minimum atomic E-state index is -0.547. The SMILES string of the molecule is CN(Cc1cccnc1)C(=O)c1ccc(-n2cncn2)c([N+](=O)[O-])c1. The molecule has 0 saturated carbocycles. The molecule has 0 atom stereocenters. The van der Waals surface area contributed by atoms with Gasteiger partial charge < -0.3 is 4.90 Å². The molecule has 25 heavy (non-hydrogen) atoms. The molecule has 0 aliphatic carbocycles. The van der Waals surface area contributed by atoms with E-state index in [1.165, 1.54) is 40.4 Å². The predicted octanol–water partition coefficient (Wildman–Crippen LogP) is 1.84. The average molecular weight is 338 g/mol. The van der Waals surface area contributed by atoms with Crippen LogP contribution in [0.4, 0.5) is 5.69 Å². The molecule has 2 aromatic heterocycles. The van der Waals surface area contributed by atoms with Crippen LogP contribution in [0.3, 0.4) is 0 Å². The lowest BCUT2D eigenvalue weighted by Gasteiger charge is -2.17. The van der Waals surface area contributed by atoms with Crippen LogP contribution in [0.25, 0.3) is 5.69 Å². The highest BCUT2D eigenvalue weighted by molar-refractivity contribution is 5.95. The largest absolute Gasteiger partial charge is 0.337 e. The summed E-state index contributed by atoms with van der Waals surface area (Å²) in [6.45, 7) is 0.352. The second kappa shape index (κ2) is 6.87. The Morgan fingerprint density at radius 2 is 2.16 bits per heavy atom. The molecule has 0 spiro atoms. The first-order chi connectivity index (χ1) is 12.1. The zero-order valence-corrected chi connectivity index (χ0v) is 13.3. The van der Waals surface area contributed by atoms with Crippen molar-refractivity contribution in [3.05, 3.63) is 76.6 Å². The van der Waals surface area contributed by atoms with E-state index in [1.807, 2.05) is 6.07 Å². The Labute approximate surface area is 142 Å². The molecule has 9 heteroatoms. The van der Waals surface area contributed by atoms with E-state index in [9.17, 15) is 14.9 Å². The van der Waals surface area contributed by atoms with Crippen LogP contribution in [0.5, 0.6) is 0 Å². The molecule has 3 aromatic rings. The molecular weight excluding hydrogens is 324 g/mol. The summed E-state index contributed by atoms with van der Waals surface area (Å²) in [6, 6.07) is 7.90. The van der Waals surface area contributed by atoms with Gasteiger partial charge in [-0.25, -0.2) is 9.67 Å². The molecule has 126 valence electrons. The number of nitro groups is 1. The van der Waals surface area contributed by atoms with Gasteiger partial charge in [0.15, 0.2) is 0 Å². The number of amides is 1. The van der Waals surface area contributed by atoms with Gasteiger partial charge in [0, 0.05) is 37.6 Å². The monoisotopic (exact) mass is 338 g/mol. The van der Waals surface area contributed by atoms with E-state index >= 15 is 0 Å². The molecule has 3 rings (SSSR count). The topological polar surface area (TPSA) is 107 Å². The maximum Gasteiger partial charge on any atom is 0.295 e. The Kier molecular flexibility index (Phi) is 4.46. The van der Waals surface area contributed by atoms with E-state index in [2.05, 4.69) is 15.1 Å². The third-order valence-corrected chi connectivity index (χ3v) is 3.57. The molecule has 0 unspecified atom stereocenters. The molecule has 2 heterocycles. The summed E-state index contributed by atoms with van der Waals surface area (Å²) in [6.07, 6.45) is 5.96. The van der Waals surface area contributed by atoms with Gasteiger partial charge in [0.25, 0.3) is 11.6 Å². The van der Waals surface area contributed by atoms with Crippen molar-refractivity contribution >= 4 is 11.6 Å². The Hall–Kier alpha value is -3.62. The minimum Gasteiger partial charge on any atom is -0.337 e. The normalized spacial score (nSPS) is 10.4. The van der Waals surface area contributed by atoms with Crippen molar-refractivity contribution in [2.75, 3.05) is 7.05 Å². The smallest absolute Gasteiger partial charge is 0.295 e. The Bertz CT molecular complexity index is 895. The number of carbonyl (C=O) groups is 1. The van der Waals surface area contributed by atoms with Crippen molar-refractivity contribution in [1.29, 1.82) is 0 Å². The van der Waals surface area contributed by atoms with Crippen LogP contribution in [0.2, 0.25) is 0 Å². The zero-order valence-electron chi connectivity index (χ0n) is 13.3. The van der Waals surface area contributed by atoms with E-state index in [0.29, 0.717) is 6.54 Å². The number of benzene rings is 1. The van der Waals surface area contributed by atoms with E-state index in [0.717, 1.165) is 5.56 Å². The summed E-state index contributed by atoms with van der Waals surface area (Å²) >= 11 is 0. The Morgan fingerprint density at radius 1 is 1.32 bits per heavy atom. The first kappa shape index (κ1) is 16.2. The van der Waals surface area contributed by atoms with Gasteiger partial charge >= 0.3 is 0 Å². The molecule has 0 aliphatic rings. The van der Waals surface area contributed by atoms with Gasteiger partial charge in [0.05, 0.1) is 4.92 Å². The molecule has 0 radical (unpaired) electrons. The van der Waals surface area contributed by atoms with E-state index in [-0.39, 0.29) is 22.8 Å². The fraction of sp³-hybridized carbons (Fsp3) is 0.125. The minimum absolute atomic E-state index is 0.217. The predicted molar refractivity (Wildman–Crippen MR) is 88.0 cm³/mol. The second-order valence-electron chi connectivity index (χ2n) is 5.32. The third kappa shape index (κ3) is 3.50. The van der Waals surface area contributed by atoms with Crippen molar-refractivity contribution in [1.82, 2.24) is 24.6 Å². The molecule has 1 amide bonds. The highest BCUT2D eigenvalue weighted by atomic mass is 16.6. The highest BCUT2D eigenvalue weighted by Crippen LogP contribution is 2.24. The van der Waals surface area contributed by atoms with Crippen LogP contribution in [0, 0.1) is 10.1 Å². The van der Waals surface area contributed by atoms with Gasteiger partial charge in [-0.1, -0.05) is 6.07 Å². The number of hydrogen-bond acceptors (Lipinski definition) is 6. The highest BCUT2D eigenvalue weighted by Gasteiger charge is 2.21. The standard InChI is InChI=1S/C16H14N6O3/c1-20(9-12-3-2-6-17-8-12)16(23)13-4-5-14(15(7-13)22(24)25)21-11-18-10-19-21/h2-8,10-11H,9H2,1H3. The molecule has 9 nitrogen and oxygen atoms in total. The lowest BCUT2D eigenvalue weighted by molar-refractivity contribution is -0.384. The maximum absolute atomic E-state index is 12.6. The van der Waals surface area contributed by atoms with Crippen molar-refractivity contribution in [2.24, 2.45) is 0 Å². The van der Waals surface area contributed by atoms with Gasteiger partial charge in [-0.05, 0) is 23.8 Å². The van der Waals surface area contributed by atoms with Gasteiger partial charge in [-0.15, -0.1) is 0 Å². The summed E-state index contributed by atoms with van der Waals surface area (Å²) in [5, 5.41) is 15.3. The number of nitrogens with zero attached hydrogens (tertiary/aromatic N) is 6. The number of hydrogen-bond donors (Lipinski definition) is 0. The Balaban J connectivity index is 1.88. The second-order valence-corrected chi connectivity index (χ2v) is 5.32. The van der Waals surface area contributed by atoms with Crippen LogP contribution in [0.15, 0.2) is 55.4 Å². The number of aromatic nitrogens is 4. The fourth-order valence-electron chi connectivity index (χ4n) is 2.39. The van der Waals surface area contributed by atoms with Crippen LogP contribution in [-0.4, -0.2) is 42.5 Å². The van der Waals surface area contributed by atoms with Crippen LogP contribution in [0.1, 0.15) is 15.9 Å². The third-order valence-electron chi connectivity index (χ3n) is 3.57. The van der Waals surface area contributed by atoms with Crippen LogP contribution in [-0.2, 0) is 6.54 Å². The maximum atomic E-state index is 12.6. The number of pyridine rings is 1. The fourth-order valence-corrected chi connectivity index (χ4v) is 2.39. The first-order valence-electron chi connectivity index (χ1n) is 7.34. The lowest BCUT2D eigenvalue weighted by atomic mass is 10.1. The van der Waals surface area contributed by atoms with E-state index in [4.69, 9.17) is 0 Å².